The topological polar surface area (TPSA) is 181 Å². The molecule has 5 amide bonds. The van der Waals surface area contributed by atoms with Crippen molar-refractivity contribution in [2.24, 2.45) is 0 Å². The quantitative estimate of drug-likeness (QED) is 0.161. The maximum atomic E-state index is 13.0. The van der Waals surface area contributed by atoms with Crippen LogP contribution in [0.1, 0.15) is 43.4 Å². The zero-order valence-electron chi connectivity index (χ0n) is 27.7. The first-order chi connectivity index (χ1) is 23.4. The highest BCUT2D eigenvalue weighted by atomic mass is 16.6. The minimum Gasteiger partial charge on any atom is -0.459 e. The Morgan fingerprint density at radius 3 is 1.80 bits per heavy atom. The van der Waals surface area contributed by atoms with E-state index in [4.69, 9.17) is 9.47 Å². The van der Waals surface area contributed by atoms with E-state index in [0.29, 0.717) is 0 Å². The lowest BCUT2D eigenvalue weighted by atomic mass is 9.98. The molecule has 3 aromatic rings. The fourth-order valence-corrected chi connectivity index (χ4v) is 5.25. The molecule has 5 N–H and O–H groups in total. The van der Waals surface area contributed by atoms with Gasteiger partial charge in [0, 0.05) is 12.3 Å². The van der Waals surface area contributed by atoms with Crippen LogP contribution in [0.4, 0.5) is 4.79 Å². The number of fused-ring (bicyclic) bond motifs is 3. The molecular formula is C36H41N5O8. The van der Waals surface area contributed by atoms with E-state index in [1.165, 1.54) is 0 Å². The van der Waals surface area contributed by atoms with Crippen molar-refractivity contribution in [1.82, 2.24) is 26.6 Å². The summed E-state index contributed by atoms with van der Waals surface area (Å²) in [5.74, 6) is -3.34. The Morgan fingerprint density at radius 2 is 1.18 bits per heavy atom. The summed E-state index contributed by atoms with van der Waals surface area (Å²) in [6, 6.07) is 23.7. The molecule has 258 valence electrons. The Labute approximate surface area is 284 Å². The third kappa shape index (κ3) is 11.2. The summed E-state index contributed by atoms with van der Waals surface area (Å²) in [6.07, 6.45) is -0.675. The van der Waals surface area contributed by atoms with Crippen molar-refractivity contribution in [2.45, 2.75) is 44.8 Å². The molecule has 13 heteroatoms. The summed E-state index contributed by atoms with van der Waals surface area (Å²) in [6.45, 7) is 3.46. The number of carbonyl (C=O) groups excluding carboxylic acids is 6. The number of ether oxygens (including phenoxy) is 2. The van der Waals surface area contributed by atoms with Crippen molar-refractivity contribution < 1.29 is 38.2 Å². The predicted octanol–water partition coefficient (Wildman–Crippen LogP) is 1.94. The Morgan fingerprint density at radius 1 is 0.653 bits per heavy atom. The monoisotopic (exact) mass is 671 g/mol. The van der Waals surface area contributed by atoms with Crippen molar-refractivity contribution in [3.8, 4) is 11.1 Å². The molecule has 13 nitrogen and oxygen atoms in total. The predicted molar refractivity (Wildman–Crippen MR) is 180 cm³/mol. The number of nitrogens with one attached hydrogen (secondary N) is 5. The first-order valence-electron chi connectivity index (χ1n) is 15.8. The fraction of sp³-hybridized carbons (Fsp3) is 0.333. The molecule has 0 heterocycles. The summed E-state index contributed by atoms with van der Waals surface area (Å²) in [4.78, 5) is 74.6. The molecule has 0 fully saturated rings. The Hall–Kier alpha value is -5.72. The number of rotatable bonds is 14. The van der Waals surface area contributed by atoms with E-state index in [-0.39, 0.29) is 25.5 Å². The van der Waals surface area contributed by atoms with E-state index >= 15 is 0 Å². The zero-order valence-corrected chi connectivity index (χ0v) is 27.7. The van der Waals surface area contributed by atoms with Gasteiger partial charge in [0.1, 0.15) is 31.3 Å². The molecule has 0 aliphatic heterocycles. The molecule has 0 unspecified atom stereocenters. The largest absolute Gasteiger partial charge is 0.459 e. The minimum absolute atomic E-state index is 0.0835. The highest BCUT2D eigenvalue weighted by Gasteiger charge is 2.29. The van der Waals surface area contributed by atoms with Gasteiger partial charge in [0.15, 0.2) is 0 Å². The lowest BCUT2D eigenvalue weighted by Gasteiger charge is -2.20. The molecular weight excluding hydrogens is 630 g/mol. The van der Waals surface area contributed by atoms with Crippen LogP contribution in [-0.2, 0) is 39.9 Å². The highest BCUT2D eigenvalue weighted by molar-refractivity contribution is 5.93. The maximum Gasteiger partial charge on any atom is 0.407 e. The molecule has 0 aromatic heterocycles. The second kappa shape index (κ2) is 16.9. The summed E-state index contributed by atoms with van der Waals surface area (Å²) >= 11 is 0. The SMILES string of the molecule is CC(C)(C)OC(=O)CNC(=O)CNC(=O)[C@H](Cc1ccccc1)NC(=O)CNC(=O)CNC(=O)OCC1c2ccccc2-c2ccccc21. The van der Waals surface area contributed by atoms with Crippen molar-refractivity contribution in [2.75, 3.05) is 32.8 Å². The molecule has 0 saturated carbocycles. The highest BCUT2D eigenvalue weighted by Crippen LogP contribution is 2.44. The molecule has 1 aliphatic rings. The molecule has 0 radical (unpaired) electrons. The van der Waals surface area contributed by atoms with E-state index in [2.05, 4.69) is 26.6 Å². The number of benzene rings is 3. The number of hydrogen-bond acceptors (Lipinski definition) is 8. The third-order valence-electron chi connectivity index (χ3n) is 7.39. The van der Waals surface area contributed by atoms with Gasteiger partial charge in [-0.15, -0.1) is 0 Å². The molecule has 4 rings (SSSR count). The van der Waals surface area contributed by atoms with E-state index in [0.717, 1.165) is 27.8 Å². The van der Waals surface area contributed by atoms with Crippen LogP contribution in [0.25, 0.3) is 11.1 Å². The normalized spacial score (nSPS) is 12.4. The molecule has 0 saturated heterocycles. The maximum absolute atomic E-state index is 13.0. The van der Waals surface area contributed by atoms with Crippen LogP contribution >= 0.6 is 0 Å². The average molecular weight is 672 g/mol. The summed E-state index contributed by atoms with van der Waals surface area (Å²) < 4.78 is 10.6. The summed E-state index contributed by atoms with van der Waals surface area (Å²) in [5.41, 5.74) is 4.33. The summed E-state index contributed by atoms with van der Waals surface area (Å²) in [7, 11) is 0. The second-order valence-electron chi connectivity index (χ2n) is 12.3. The Kier molecular flexibility index (Phi) is 12.5. The van der Waals surface area contributed by atoms with E-state index in [1.807, 2.05) is 48.5 Å². The van der Waals surface area contributed by atoms with Crippen LogP contribution < -0.4 is 26.6 Å². The van der Waals surface area contributed by atoms with Gasteiger partial charge in [-0.1, -0.05) is 78.9 Å². The van der Waals surface area contributed by atoms with Crippen LogP contribution in [0, 0.1) is 0 Å². The van der Waals surface area contributed by atoms with Crippen LogP contribution in [0.5, 0.6) is 0 Å². The molecule has 0 spiro atoms. The molecule has 0 bridgehead atoms. The van der Waals surface area contributed by atoms with Crippen molar-refractivity contribution in [3.63, 3.8) is 0 Å². The van der Waals surface area contributed by atoms with Gasteiger partial charge in [0.2, 0.25) is 23.6 Å². The van der Waals surface area contributed by atoms with Crippen LogP contribution in [-0.4, -0.2) is 80.1 Å². The van der Waals surface area contributed by atoms with Gasteiger partial charge in [0.25, 0.3) is 0 Å². The number of esters is 1. The number of carbonyl (C=O) groups is 6. The first kappa shape index (κ1) is 36.1. The number of amides is 5. The van der Waals surface area contributed by atoms with Crippen LogP contribution in [0.2, 0.25) is 0 Å². The summed E-state index contributed by atoms with van der Waals surface area (Å²) in [5, 5.41) is 12.2. The van der Waals surface area contributed by atoms with Crippen LogP contribution in [0.3, 0.4) is 0 Å². The van der Waals surface area contributed by atoms with E-state index < -0.39 is 67.0 Å². The van der Waals surface area contributed by atoms with Gasteiger partial charge in [0.05, 0.1) is 13.1 Å². The molecule has 1 aliphatic carbocycles. The van der Waals surface area contributed by atoms with Gasteiger partial charge in [-0.2, -0.15) is 0 Å². The second-order valence-corrected chi connectivity index (χ2v) is 12.3. The lowest BCUT2D eigenvalue weighted by Crippen LogP contribution is -2.52. The van der Waals surface area contributed by atoms with Gasteiger partial charge >= 0.3 is 12.1 Å². The van der Waals surface area contributed by atoms with Gasteiger partial charge in [-0.05, 0) is 48.6 Å². The van der Waals surface area contributed by atoms with Crippen molar-refractivity contribution in [3.05, 3.63) is 95.6 Å². The van der Waals surface area contributed by atoms with Crippen molar-refractivity contribution >= 4 is 35.7 Å². The van der Waals surface area contributed by atoms with Gasteiger partial charge in [-0.25, -0.2) is 4.79 Å². The Balaban J connectivity index is 1.20. The average Bonchev–Trinajstić information content (AvgIpc) is 3.39. The third-order valence-corrected chi connectivity index (χ3v) is 7.39. The Bertz CT molecular complexity index is 1630. The first-order valence-corrected chi connectivity index (χ1v) is 15.8. The number of alkyl carbamates (subject to hydrolysis) is 1. The standard InChI is InChI=1S/C36H41N5O8/c1-36(2,3)49-33(45)21-38-30(42)18-39-34(46)29(17-23-11-5-4-6-12-23)41-32(44)20-37-31(43)19-40-35(47)48-22-28-26-15-9-7-13-24(26)25-14-8-10-16-27(25)28/h4-16,28-29H,17-22H2,1-3H3,(H,37,43)(H,38,42)(H,39,46)(H,40,47)(H,41,44)/t29-/m0/s1. The van der Waals surface area contributed by atoms with Gasteiger partial charge < -0.3 is 36.1 Å². The smallest absolute Gasteiger partial charge is 0.407 e. The minimum atomic E-state index is -1.08. The number of hydrogen-bond donors (Lipinski definition) is 5. The lowest BCUT2D eigenvalue weighted by molar-refractivity contribution is -0.154. The molecule has 49 heavy (non-hydrogen) atoms. The van der Waals surface area contributed by atoms with E-state index in [1.54, 1.807) is 51.1 Å². The van der Waals surface area contributed by atoms with Crippen LogP contribution in [0.15, 0.2) is 78.9 Å². The van der Waals surface area contributed by atoms with Gasteiger partial charge in [-0.3, -0.25) is 24.0 Å². The fourth-order valence-electron chi connectivity index (χ4n) is 5.25. The zero-order chi connectivity index (χ0) is 35.4. The molecule has 3 aromatic carbocycles. The van der Waals surface area contributed by atoms with E-state index in [9.17, 15) is 28.8 Å². The van der Waals surface area contributed by atoms with Crippen molar-refractivity contribution in [1.29, 1.82) is 0 Å². The molecule has 1 atom stereocenters.